The van der Waals surface area contributed by atoms with Crippen molar-refractivity contribution in [1.29, 1.82) is 0 Å². The van der Waals surface area contributed by atoms with Crippen LogP contribution in [-0.4, -0.2) is 14.5 Å². The first-order valence-corrected chi connectivity index (χ1v) is 21.5. The summed E-state index contributed by atoms with van der Waals surface area (Å²) < 4.78 is 7.54. The predicted molar refractivity (Wildman–Crippen MR) is 250 cm³/mol. The maximum atomic E-state index is 5.38. The standard InChI is InChI=1S/C53H35N3S2/c1-32-11-9-14-37(27-32)56-46-18-7-5-15-38(46)41-28-34(21-24-47(41)56)35-22-25-50-43(29-35)52-40(17-10-20-51(52)58-50)53-54-44(33-12-3-2-4-13-33)31-45(55-53)36-23-26-49-42(30-36)39-16-6-8-19-48(39)57-49/h2-26,28-32H,27H2,1H3. The zero-order valence-electron chi connectivity index (χ0n) is 31.7. The molecule has 0 radical (unpaired) electrons. The summed E-state index contributed by atoms with van der Waals surface area (Å²) in [6.45, 7) is 2.29. The van der Waals surface area contributed by atoms with Crippen LogP contribution in [0.2, 0.25) is 0 Å². The molecule has 1 atom stereocenters. The third kappa shape index (κ3) is 5.38. The van der Waals surface area contributed by atoms with Gasteiger partial charge in [0.25, 0.3) is 0 Å². The molecule has 1 unspecified atom stereocenters. The molecule has 12 rings (SSSR count). The molecule has 274 valence electrons. The quantitative estimate of drug-likeness (QED) is 0.174. The van der Waals surface area contributed by atoms with Gasteiger partial charge in [-0.15, -0.1) is 22.7 Å². The van der Waals surface area contributed by atoms with Gasteiger partial charge in [0.15, 0.2) is 5.82 Å². The van der Waals surface area contributed by atoms with Crippen molar-refractivity contribution in [2.45, 2.75) is 13.3 Å². The summed E-state index contributed by atoms with van der Waals surface area (Å²) in [6, 6.07) is 57.4. The van der Waals surface area contributed by atoms with Crippen LogP contribution in [0.3, 0.4) is 0 Å². The second-order valence-corrected chi connectivity index (χ2v) is 17.6. The fourth-order valence-corrected chi connectivity index (χ4v) is 11.2. The molecule has 0 N–H and O–H groups in total. The molecule has 0 fully saturated rings. The lowest BCUT2D eigenvalue weighted by Crippen LogP contribution is -2.03. The highest BCUT2D eigenvalue weighted by Crippen LogP contribution is 2.43. The van der Waals surface area contributed by atoms with Crippen molar-refractivity contribution >= 4 is 90.5 Å². The number of thiophene rings is 2. The van der Waals surface area contributed by atoms with Crippen molar-refractivity contribution < 1.29 is 0 Å². The predicted octanol–water partition coefficient (Wildman–Crippen LogP) is 15.4. The van der Waals surface area contributed by atoms with Crippen LogP contribution in [0, 0.1) is 5.92 Å². The van der Waals surface area contributed by atoms with Crippen LogP contribution in [0.5, 0.6) is 0 Å². The average Bonchev–Trinajstić information content (AvgIpc) is 3.95. The minimum atomic E-state index is 0.515. The fourth-order valence-electron chi connectivity index (χ4n) is 9.00. The summed E-state index contributed by atoms with van der Waals surface area (Å²) >= 11 is 3.67. The van der Waals surface area contributed by atoms with Crippen molar-refractivity contribution in [1.82, 2.24) is 14.5 Å². The van der Waals surface area contributed by atoms with Crippen LogP contribution in [-0.2, 0) is 0 Å². The van der Waals surface area contributed by atoms with Gasteiger partial charge in [-0.05, 0) is 90.2 Å². The molecule has 5 heteroatoms. The molecule has 0 saturated carbocycles. The number of hydrogen-bond donors (Lipinski definition) is 0. The summed E-state index contributed by atoms with van der Waals surface area (Å²) in [4.78, 5) is 10.7. The lowest BCUT2D eigenvalue weighted by atomic mass is 9.98. The number of hydrogen-bond acceptors (Lipinski definition) is 4. The summed E-state index contributed by atoms with van der Waals surface area (Å²) in [7, 11) is 0. The number of aromatic nitrogens is 3. The number of benzene rings is 7. The average molecular weight is 778 g/mol. The van der Waals surface area contributed by atoms with Crippen molar-refractivity contribution in [2.24, 2.45) is 5.92 Å². The maximum absolute atomic E-state index is 5.38. The summed E-state index contributed by atoms with van der Waals surface area (Å²) in [5, 5.41) is 7.53. The number of para-hydroxylation sites is 1. The van der Waals surface area contributed by atoms with Crippen LogP contribution < -0.4 is 0 Å². The van der Waals surface area contributed by atoms with Gasteiger partial charge in [0.2, 0.25) is 0 Å². The highest BCUT2D eigenvalue weighted by Gasteiger charge is 2.20. The van der Waals surface area contributed by atoms with Gasteiger partial charge in [-0.2, -0.15) is 0 Å². The van der Waals surface area contributed by atoms with Gasteiger partial charge in [0.05, 0.1) is 22.4 Å². The SMILES string of the molecule is CC1C=CC=C(n2c3ccccc3c3cc(-c4ccc5sc6cccc(-c7nc(-c8ccccc8)cc(-c8ccc9sc%10ccccc%10c9c8)n7)c6c5c4)ccc32)C1. The molecule has 0 spiro atoms. The molecule has 4 aromatic heterocycles. The highest BCUT2D eigenvalue weighted by atomic mass is 32.1. The Hall–Kier alpha value is -6.66. The Balaban J connectivity index is 1.03. The summed E-state index contributed by atoms with van der Waals surface area (Å²) in [6.07, 6.45) is 7.81. The Morgan fingerprint density at radius 1 is 0.500 bits per heavy atom. The minimum Gasteiger partial charge on any atom is -0.313 e. The molecule has 11 aromatic rings. The molecular weight excluding hydrogens is 743 g/mol. The molecule has 1 aliphatic rings. The second kappa shape index (κ2) is 13.2. The van der Waals surface area contributed by atoms with Gasteiger partial charge in [0, 0.05) is 73.5 Å². The van der Waals surface area contributed by atoms with E-state index in [0.29, 0.717) is 5.92 Å². The van der Waals surface area contributed by atoms with Crippen molar-refractivity contribution in [3.8, 4) is 45.0 Å². The van der Waals surface area contributed by atoms with E-state index in [0.717, 1.165) is 40.3 Å². The smallest absolute Gasteiger partial charge is 0.161 e. The Kier molecular flexibility index (Phi) is 7.62. The van der Waals surface area contributed by atoms with E-state index in [2.05, 4.69) is 187 Å². The number of rotatable bonds is 5. The third-order valence-electron chi connectivity index (χ3n) is 11.8. The Labute approximate surface area is 343 Å². The molecule has 0 amide bonds. The zero-order chi connectivity index (χ0) is 38.3. The minimum absolute atomic E-state index is 0.515. The van der Waals surface area contributed by atoms with E-state index in [4.69, 9.17) is 9.97 Å². The normalized spacial score (nSPS) is 14.4. The Morgan fingerprint density at radius 2 is 1.14 bits per heavy atom. The van der Waals surface area contributed by atoms with Crippen molar-refractivity contribution in [3.05, 3.63) is 176 Å². The van der Waals surface area contributed by atoms with Crippen LogP contribution in [0.1, 0.15) is 13.3 Å². The first kappa shape index (κ1) is 33.5. The number of nitrogens with zero attached hydrogens (tertiary/aromatic N) is 3. The Morgan fingerprint density at radius 3 is 2.00 bits per heavy atom. The fraction of sp³-hybridized carbons (Fsp3) is 0.0566. The van der Waals surface area contributed by atoms with E-state index in [-0.39, 0.29) is 0 Å². The highest BCUT2D eigenvalue weighted by molar-refractivity contribution is 7.26. The molecule has 0 saturated heterocycles. The first-order valence-electron chi connectivity index (χ1n) is 19.9. The van der Waals surface area contributed by atoms with E-state index < -0.39 is 0 Å². The molecule has 58 heavy (non-hydrogen) atoms. The van der Waals surface area contributed by atoms with E-state index >= 15 is 0 Å². The molecule has 7 aromatic carbocycles. The lowest BCUT2D eigenvalue weighted by Gasteiger charge is -2.18. The van der Waals surface area contributed by atoms with E-state index in [1.807, 2.05) is 22.7 Å². The zero-order valence-corrected chi connectivity index (χ0v) is 33.3. The molecule has 0 bridgehead atoms. The number of fused-ring (bicyclic) bond motifs is 9. The van der Waals surface area contributed by atoms with Gasteiger partial charge in [-0.25, -0.2) is 9.97 Å². The maximum Gasteiger partial charge on any atom is 0.161 e. The molecule has 1 aliphatic carbocycles. The van der Waals surface area contributed by atoms with E-state index in [9.17, 15) is 0 Å². The van der Waals surface area contributed by atoms with Crippen LogP contribution in [0.15, 0.2) is 176 Å². The van der Waals surface area contributed by atoms with E-state index in [1.165, 1.54) is 79.0 Å². The van der Waals surface area contributed by atoms with Gasteiger partial charge in [-0.3, -0.25) is 0 Å². The van der Waals surface area contributed by atoms with Crippen LogP contribution in [0.4, 0.5) is 0 Å². The molecule has 3 nitrogen and oxygen atoms in total. The monoisotopic (exact) mass is 777 g/mol. The summed E-state index contributed by atoms with van der Waals surface area (Å²) in [5.41, 5.74) is 11.3. The molecule has 4 heterocycles. The molecule has 0 aliphatic heterocycles. The van der Waals surface area contributed by atoms with Crippen molar-refractivity contribution in [2.75, 3.05) is 0 Å². The third-order valence-corrected chi connectivity index (χ3v) is 14.0. The van der Waals surface area contributed by atoms with Gasteiger partial charge in [-0.1, -0.05) is 116 Å². The summed E-state index contributed by atoms with van der Waals surface area (Å²) in [5.74, 6) is 1.25. The second-order valence-electron chi connectivity index (χ2n) is 15.4. The van der Waals surface area contributed by atoms with Crippen LogP contribution in [0.25, 0.3) is 113 Å². The molecular formula is C53H35N3S2. The number of allylic oxidation sites excluding steroid dienone is 4. The largest absolute Gasteiger partial charge is 0.313 e. The van der Waals surface area contributed by atoms with E-state index in [1.54, 1.807) is 0 Å². The van der Waals surface area contributed by atoms with Gasteiger partial charge < -0.3 is 4.57 Å². The Bertz CT molecular complexity index is 3510. The first-order chi connectivity index (χ1) is 28.6. The van der Waals surface area contributed by atoms with Crippen molar-refractivity contribution in [3.63, 3.8) is 0 Å². The topological polar surface area (TPSA) is 30.7 Å². The van der Waals surface area contributed by atoms with Crippen LogP contribution >= 0.6 is 22.7 Å². The van der Waals surface area contributed by atoms with Gasteiger partial charge >= 0.3 is 0 Å². The lowest BCUT2D eigenvalue weighted by molar-refractivity contribution is 0.730. The van der Waals surface area contributed by atoms with Gasteiger partial charge in [0.1, 0.15) is 0 Å².